The molecule has 0 aliphatic carbocycles. The largest absolute Gasteiger partial charge is 0.497 e. The molecule has 0 radical (unpaired) electrons. The average Bonchev–Trinajstić information content (AvgIpc) is 2.28. The van der Waals surface area contributed by atoms with Gasteiger partial charge in [-0.3, -0.25) is 4.79 Å². The summed E-state index contributed by atoms with van der Waals surface area (Å²) in [5.74, 6) is 1.43. The Morgan fingerprint density at radius 2 is 2.12 bits per heavy atom. The summed E-state index contributed by atoms with van der Waals surface area (Å²) in [6, 6.07) is 6.81. The maximum absolute atomic E-state index is 11.8. The summed E-state index contributed by atoms with van der Waals surface area (Å²) in [6.07, 6.45) is 1.74. The molecule has 0 bridgehead atoms. The minimum atomic E-state index is 0.00681. The summed E-state index contributed by atoms with van der Waals surface area (Å²) in [4.78, 5) is 11.8. The van der Waals surface area contributed by atoms with Crippen molar-refractivity contribution in [1.29, 1.82) is 0 Å². The third-order valence-corrected chi connectivity index (χ3v) is 2.48. The molecule has 2 aromatic rings. The quantitative estimate of drug-likeness (QED) is 0.795. The van der Waals surface area contributed by atoms with Crippen molar-refractivity contribution in [3.05, 3.63) is 40.2 Å². The van der Waals surface area contributed by atoms with E-state index in [0.29, 0.717) is 16.7 Å². The molecule has 1 heterocycles. The molecule has 0 unspecified atom stereocenters. The van der Waals surface area contributed by atoms with E-state index in [9.17, 15) is 4.79 Å². The van der Waals surface area contributed by atoms with E-state index in [4.69, 9.17) is 9.15 Å². The van der Waals surface area contributed by atoms with E-state index in [1.165, 1.54) is 0 Å². The monoisotopic (exact) mass is 218 g/mol. The van der Waals surface area contributed by atoms with Crippen molar-refractivity contribution in [2.24, 2.45) is 0 Å². The standard InChI is InChI=1S/C13H14O3/c1-3-4-10-7-12(14)11-6-5-9(15-2)8-13(11)16-10/h5-8H,3-4H2,1-2H3. The molecule has 1 aromatic heterocycles. The Hall–Kier alpha value is -1.77. The fourth-order valence-electron chi connectivity index (χ4n) is 1.68. The third-order valence-electron chi connectivity index (χ3n) is 2.48. The zero-order valence-corrected chi connectivity index (χ0v) is 9.45. The first-order valence-corrected chi connectivity index (χ1v) is 5.35. The van der Waals surface area contributed by atoms with Crippen LogP contribution in [0.1, 0.15) is 19.1 Å². The van der Waals surface area contributed by atoms with Gasteiger partial charge < -0.3 is 9.15 Å². The fourth-order valence-corrected chi connectivity index (χ4v) is 1.68. The van der Waals surface area contributed by atoms with Gasteiger partial charge in [0.2, 0.25) is 0 Å². The second-order valence-corrected chi connectivity index (χ2v) is 3.69. The van der Waals surface area contributed by atoms with Gasteiger partial charge in [-0.05, 0) is 18.6 Å². The summed E-state index contributed by atoms with van der Waals surface area (Å²) in [6.45, 7) is 2.05. The molecule has 0 spiro atoms. The van der Waals surface area contributed by atoms with Gasteiger partial charge in [0.05, 0.1) is 12.5 Å². The smallest absolute Gasteiger partial charge is 0.192 e. The van der Waals surface area contributed by atoms with Gasteiger partial charge >= 0.3 is 0 Å². The molecule has 3 nitrogen and oxygen atoms in total. The molecule has 2 rings (SSSR count). The van der Waals surface area contributed by atoms with Crippen LogP contribution >= 0.6 is 0 Å². The first-order valence-electron chi connectivity index (χ1n) is 5.35. The van der Waals surface area contributed by atoms with E-state index in [0.717, 1.165) is 18.6 Å². The highest BCUT2D eigenvalue weighted by atomic mass is 16.5. The lowest BCUT2D eigenvalue weighted by Gasteiger charge is -2.03. The summed E-state index contributed by atoms with van der Waals surface area (Å²) in [5.41, 5.74) is 0.600. The van der Waals surface area contributed by atoms with Crippen LogP contribution in [-0.4, -0.2) is 7.11 Å². The lowest BCUT2D eigenvalue weighted by atomic mass is 10.2. The number of hydrogen-bond donors (Lipinski definition) is 0. The van der Waals surface area contributed by atoms with Crippen LogP contribution in [-0.2, 0) is 6.42 Å². The third kappa shape index (κ3) is 1.94. The number of methoxy groups -OCH3 is 1. The van der Waals surface area contributed by atoms with Crippen LogP contribution in [0.4, 0.5) is 0 Å². The summed E-state index contributed by atoms with van der Waals surface area (Å²) >= 11 is 0. The number of aryl methyl sites for hydroxylation is 1. The zero-order valence-electron chi connectivity index (χ0n) is 9.45. The summed E-state index contributed by atoms with van der Waals surface area (Å²) in [7, 11) is 1.59. The Kier molecular flexibility index (Phi) is 2.95. The van der Waals surface area contributed by atoms with Gasteiger partial charge in [-0.15, -0.1) is 0 Å². The molecule has 0 N–H and O–H groups in total. The highest BCUT2D eigenvalue weighted by Gasteiger charge is 2.05. The van der Waals surface area contributed by atoms with E-state index in [1.807, 2.05) is 0 Å². The van der Waals surface area contributed by atoms with Gasteiger partial charge in [-0.25, -0.2) is 0 Å². The zero-order chi connectivity index (χ0) is 11.5. The first kappa shape index (κ1) is 10.7. The van der Waals surface area contributed by atoms with Crippen molar-refractivity contribution in [2.45, 2.75) is 19.8 Å². The summed E-state index contributed by atoms with van der Waals surface area (Å²) in [5, 5.41) is 0.598. The topological polar surface area (TPSA) is 39.4 Å². The van der Waals surface area contributed by atoms with Crippen LogP contribution in [0, 0.1) is 0 Å². The van der Waals surface area contributed by atoms with Gasteiger partial charge in [-0.2, -0.15) is 0 Å². The molecule has 0 saturated heterocycles. The van der Waals surface area contributed by atoms with Crippen molar-refractivity contribution in [3.8, 4) is 5.75 Å². The lowest BCUT2D eigenvalue weighted by Crippen LogP contribution is -2.02. The Morgan fingerprint density at radius 3 is 2.81 bits per heavy atom. The van der Waals surface area contributed by atoms with Crippen molar-refractivity contribution >= 4 is 11.0 Å². The van der Waals surface area contributed by atoms with Crippen molar-refractivity contribution in [1.82, 2.24) is 0 Å². The highest BCUT2D eigenvalue weighted by Crippen LogP contribution is 2.19. The SMILES string of the molecule is CCCc1cc(=O)c2ccc(OC)cc2o1. The van der Waals surface area contributed by atoms with Gasteiger partial charge in [0.1, 0.15) is 17.1 Å². The van der Waals surface area contributed by atoms with Crippen LogP contribution in [0.3, 0.4) is 0 Å². The molecule has 3 heteroatoms. The van der Waals surface area contributed by atoms with E-state index < -0.39 is 0 Å². The van der Waals surface area contributed by atoms with Crippen LogP contribution in [0.25, 0.3) is 11.0 Å². The molecule has 0 atom stereocenters. The average molecular weight is 218 g/mol. The number of rotatable bonds is 3. The normalized spacial score (nSPS) is 10.6. The van der Waals surface area contributed by atoms with Gasteiger partial charge in [0.15, 0.2) is 5.43 Å². The van der Waals surface area contributed by atoms with Crippen molar-refractivity contribution in [3.63, 3.8) is 0 Å². The van der Waals surface area contributed by atoms with Crippen LogP contribution in [0.15, 0.2) is 33.5 Å². The highest BCUT2D eigenvalue weighted by molar-refractivity contribution is 5.77. The second-order valence-electron chi connectivity index (χ2n) is 3.69. The Bertz CT molecular complexity index is 555. The summed E-state index contributed by atoms with van der Waals surface area (Å²) < 4.78 is 10.7. The van der Waals surface area contributed by atoms with Crippen LogP contribution in [0.2, 0.25) is 0 Å². The number of benzene rings is 1. The van der Waals surface area contributed by atoms with Gasteiger partial charge in [0, 0.05) is 18.6 Å². The molecular formula is C13H14O3. The minimum Gasteiger partial charge on any atom is -0.497 e. The maximum Gasteiger partial charge on any atom is 0.192 e. The first-order chi connectivity index (χ1) is 7.74. The lowest BCUT2D eigenvalue weighted by molar-refractivity contribution is 0.414. The molecule has 0 saturated carbocycles. The molecule has 0 amide bonds. The Morgan fingerprint density at radius 1 is 1.31 bits per heavy atom. The molecule has 0 aliphatic heterocycles. The Labute approximate surface area is 93.7 Å². The van der Waals surface area contributed by atoms with E-state index in [2.05, 4.69) is 6.92 Å². The van der Waals surface area contributed by atoms with E-state index in [-0.39, 0.29) is 5.43 Å². The molecule has 0 fully saturated rings. The predicted octanol–water partition coefficient (Wildman–Crippen LogP) is 2.75. The van der Waals surface area contributed by atoms with Crippen LogP contribution < -0.4 is 10.2 Å². The molecule has 0 aliphatic rings. The Balaban J connectivity index is 2.63. The molecule has 1 aromatic carbocycles. The van der Waals surface area contributed by atoms with Gasteiger partial charge in [-0.1, -0.05) is 6.92 Å². The van der Waals surface area contributed by atoms with Crippen molar-refractivity contribution < 1.29 is 9.15 Å². The number of fused-ring (bicyclic) bond motifs is 1. The molecular weight excluding hydrogens is 204 g/mol. The van der Waals surface area contributed by atoms with E-state index in [1.54, 1.807) is 31.4 Å². The molecule has 84 valence electrons. The maximum atomic E-state index is 11.8. The van der Waals surface area contributed by atoms with Crippen LogP contribution in [0.5, 0.6) is 5.75 Å². The second kappa shape index (κ2) is 4.39. The number of hydrogen-bond acceptors (Lipinski definition) is 3. The van der Waals surface area contributed by atoms with Crippen molar-refractivity contribution in [2.75, 3.05) is 7.11 Å². The minimum absolute atomic E-state index is 0.00681. The van der Waals surface area contributed by atoms with Gasteiger partial charge in [0.25, 0.3) is 0 Å². The predicted molar refractivity (Wildman–Crippen MR) is 63.0 cm³/mol. The fraction of sp³-hybridized carbons (Fsp3) is 0.308. The molecule has 16 heavy (non-hydrogen) atoms. The van der Waals surface area contributed by atoms with E-state index >= 15 is 0 Å². The number of ether oxygens (including phenoxy) is 1.